The minimum absolute atomic E-state index is 0.0879. The van der Waals surface area contributed by atoms with Gasteiger partial charge in [-0.25, -0.2) is 0 Å². The van der Waals surface area contributed by atoms with Gasteiger partial charge in [0.05, 0.1) is 6.42 Å². The summed E-state index contributed by atoms with van der Waals surface area (Å²) in [6.07, 6.45) is 3.42. The summed E-state index contributed by atoms with van der Waals surface area (Å²) < 4.78 is 2.08. The first-order valence-corrected chi connectivity index (χ1v) is 9.69. The van der Waals surface area contributed by atoms with Gasteiger partial charge in [0.15, 0.2) is 0 Å². The summed E-state index contributed by atoms with van der Waals surface area (Å²) in [6, 6.07) is 16.8. The molecule has 4 heteroatoms. The quantitative estimate of drug-likeness (QED) is 0.613. The van der Waals surface area contributed by atoms with Crippen LogP contribution in [0.4, 0.5) is 5.69 Å². The molecule has 1 heterocycles. The van der Waals surface area contributed by atoms with Crippen molar-refractivity contribution >= 4 is 22.5 Å². The third kappa shape index (κ3) is 4.70. The average molecular weight is 364 g/mol. The Morgan fingerprint density at radius 1 is 1.15 bits per heavy atom. The smallest absolute Gasteiger partial charge is 0.224 e. The van der Waals surface area contributed by atoms with Crippen LogP contribution in [0.5, 0.6) is 0 Å². The van der Waals surface area contributed by atoms with Crippen LogP contribution >= 0.6 is 0 Å². The largest absolute Gasteiger partial charge is 0.372 e. The molecule has 0 atom stereocenters. The fourth-order valence-electron chi connectivity index (χ4n) is 3.59. The summed E-state index contributed by atoms with van der Waals surface area (Å²) in [6.45, 7) is 6.89. The molecule has 1 amide bonds. The Balaban J connectivity index is 1.49. The number of nitrogens with one attached hydrogen (secondary N) is 1. The molecule has 27 heavy (non-hydrogen) atoms. The van der Waals surface area contributed by atoms with Gasteiger partial charge in [-0.1, -0.05) is 30.3 Å². The molecule has 0 spiro atoms. The summed E-state index contributed by atoms with van der Waals surface area (Å²) in [4.78, 5) is 14.7. The molecule has 0 saturated carbocycles. The number of para-hydroxylation sites is 1. The van der Waals surface area contributed by atoms with E-state index in [1.165, 1.54) is 11.3 Å². The second kappa shape index (κ2) is 8.76. The summed E-state index contributed by atoms with van der Waals surface area (Å²) in [5.74, 6) is 0.0879. The zero-order chi connectivity index (χ0) is 19.2. The van der Waals surface area contributed by atoms with Crippen molar-refractivity contribution in [1.82, 2.24) is 9.88 Å². The van der Waals surface area contributed by atoms with Crippen LogP contribution in [-0.4, -0.2) is 30.1 Å². The molecule has 0 radical (unpaired) electrons. The normalized spacial score (nSPS) is 10.9. The Morgan fingerprint density at radius 2 is 1.96 bits per heavy atom. The molecular formula is C23H29N3O. The van der Waals surface area contributed by atoms with Gasteiger partial charge in [-0.15, -0.1) is 0 Å². The summed E-state index contributed by atoms with van der Waals surface area (Å²) in [5.41, 5.74) is 4.77. The van der Waals surface area contributed by atoms with Crippen LogP contribution in [0.3, 0.4) is 0 Å². The van der Waals surface area contributed by atoms with Gasteiger partial charge in [0, 0.05) is 49.5 Å². The van der Waals surface area contributed by atoms with Crippen molar-refractivity contribution in [3.05, 3.63) is 65.9 Å². The number of nitrogens with zero attached hydrogens (tertiary/aromatic N) is 2. The lowest BCUT2D eigenvalue weighted by Crippen LogP contribution is -2.30. The SMILES string of the molecule is CCN(CCCNC(=O)Cc1cn(C)c2ccccc12)c1cccc(C)c1. The number of fused-ring (bicyclic) bond motifs is 1. The molecule has 0 bridgehead atoms. The van der Waals surface area contributed by atoms with Crippen LogP contribution in [0.15, 0.2) is 54.7 Å². The van der Waals surface area contributed by atoms with Gasteiger partial charge in [-0.3, -0.25) is 4.79 Å². The molecule has 0 unspecified atom stereocenters. The fourth-order valence-corrected chi connectivity index (χ4v) is 3.59. The highest BCUT2D eigenvalue weighted by Gasteiger charge is 2.10. The fraction of sp³-hybridized carbons (Fsp3) is 0.348. The molecule has 142 valence electrons. The van der Waals surface area contributed by atoms with E-state index >= 15 is 0 Å². The predicted octanol–water partition coefficient (Wildman–Crippen LogP) is 4.06. The lowest BCUT2D eigenvalue weighted by atomic mass is 10.1. The van der Waals surface area contributed by atoms with E-state index in [9.17, 15) is 4.79 Å². The second-order valence-corrected chi connectivity index (χ2v) is 7.08. The number of hydrogen-bond acceptors (Lipinski definition) is 2. The summed E-state index contributed by atoms with van der Waals surface area (Å²) >= 11 is 0. The van der Waals surface area contributed by atoms with Gasteiger partial charge >= 0.3 is 0 Å². The van der Waals surface area contributed by atoms with E-state index in [0.717, 1.165) is 36.0 Å². The molecule has 4 nitrogen and oxygen atoms in total. The van der Waals surface area contributed by atoms with Crippen LogP contribution in [0.25, 0.3) is 10.9 Å². The van der Waals surface area contributed by atoms with Gasteiger partial charge in [-0.05, 0) is 49.6 Å². The Morgan fingerprint density at radius 3 is 2.74 bits per heavy atom. The Labute approximate surface area is 161 Å². The van der Waals surface area contributed by atoms with Crippen LogP contribution in [0.2, 0.25) is 0 Å². The van der Waals surface area contributed by atoms with E-state index in [-0.39, 0.29) is 5.91 Å². The second-order valence-electron chi connectivity index (χ2n) is 7.08. The topological polar surface area (TPSA) is 37.3 Å². The number of benzene rings is 2. The van der Waals surface area contributed by atoms with Crippen molar-refractivity contribution in [2.75, 3.05) is 24.5 Å². The number of hydrogen-bond donors (Lipinski definition) is 1. The van der Waals surface area contributed by atoms with E-state index in [2.05, 4.69) is 71.2 Å². The number of rotatable bonds is 8. The van der Waals surface area contributed by atoms with Gasteiger partial charge in [0.2, 0.25) is 5.91 Å². The highest BCUT2D eigenvalue weighted by atomic mass is 16.1. The van der Waals surface area contributed by atoms with E-state index in [4.69, 9.17) is 0 Å². The van der Waals surface area contributed by atoms with Gasteiger partial charge in [-0.2, -0.15) is 0 Å². The summed E-state index contributed by atoms with van der Waals surface area (Å²) in [5, 5.41) is 4.23. The van der Waals surface area contributed by atoms with Crippen molar-refractivity contribution in [2.24, 2.45) is 7.05 Å². The maximum atomic E-state index is 12.4. The molecule has 2 aromatic carbocycles. The Kier molecular flexibility index (Phi) is 6.17. The highest BCUT2D eigenvalue weighted by molar-refractivity contribution is 5.89. The first kappa shape index (κ1) is 19.0. The van der Waals surface area contributed by atoms with Gasteiger partial charge in [0.1, 0.15) is 0 Å². The Bertz CT molecular complexity index is 913. The third-order valence-corrected chi connectivity index (χ3v) is 5.01. The number of aryl methyl sites for hydroxylation is 2. The maximum Gasteiger partial charge on any atom is 0.224 e. The molecule has 0 aliphatic rings. The monoisotopic (exact) mass is 363 g/mol. The van der Waals surface area contributed by atoms with E-state index in [1.54, 1.807) is 0 Å². The first-order chi connectivity index (χ1) is 13.1. The maximum absolute atomic E-state index is 12.4. The van der Waals surface area contributed by atoms with Crippen molar-refractivity contribution < 1.29 is 4.79 Å². The molecule has 0 saturated heterocycles. The standard InChI is InChI=1S/C23H29N3O/c1-4-26(20-10-7-9-18(2)15-20)14-8-13-24-23(27)16-19-17-25(3)22-12-6-5-11-21(19)22/h5-7,9-12,15,17H,4,8,13-14,16H2,1-3H3,(H,24,27). The molecule has 1 aromatic heterocycles. The number of carbonyl (C=O) groups excluding carboxylic acids is 1. The van der Waals surface area contributed by atoms with Crippen LogP contribution in [-0.2, 0) is 18.3 Å². The molecule has 0 fully saturated rings. The van der Waals surface area contributed by atoms with Crippen molar-refractivity contribution in [3.8, 4) is 0 Å². The number of aromatic nitrogens is 1. The highest BCUT2D eigenvalue weighted by Crippen LogP contribution is 2.20. The van der Waals surface area contributed by atoms with E-state index in [1.807, 2.05) is 19.2 Å². The molecule has 3 aromatic rings. The zero-order valence-electron chi connectivity index (χ0n) is 16.5. The molecule has 1 N–H and O–H groups in total. The molecule has 0 aliphatic heterocycles. The number of anilines is 1. The molecule has 0 aliphatic carbocycles. The van der Waals surface area contributed by atoms with E-state index < -0.39 is 0 Å². The van der Waals surface area contributed by atoms with Crippen LogP contribution in [0.1, 0.15) is 24.5 Å². The Hall–Kier alpha value is -2.75. The zero-order valence-corrected chi connectivity index (χ0v) is 16.5. The first-order valence-electron chi connectivity index (χ1n) is 9.69. The van der Waals surface area contributed by atoms with Crippen molar-refractivity contribution in [3.63, 3.8) is 0 Å². The van der Waals surface area contributed by atoms with Crippen LogP contribution in [0, 0.1) is 6.92 Å². The van der Waals surface area contributed by atoms with E-state index in [0.29, 0.717) is 13.0 Å². The molecule has 3 rings (SSSR count). The third-order valence-electron chi connectivity index (χ3n) is 5.01. The minimum Gasteiger partial charge on any atom is -0.372 e. The average Bonchev–Trinajstić information content (AvgIpc) is 2.98. The molecular weight excluding hydrogens is 334 g/mol. The minimum atomic E-state index is 0.0879. The summed E-state index contributed by atoms with van der Waals surface area (Å²) in [7, 11) is 2.02. The van der Waals surface area contributed by atoms with Gasteiger partial charge in [0.25, 0.3) is 0 Å². The predicted molar refractivity (Wildman–Crippen MR) is 113 cm³/mol. The number of carbonyl (C=O) groups is 1. The van der Waals surface area contributed by atoms with Crippen LogP contribution < -0.4 is 10.2 Å². The van der Waals surface area contributed by atoms with Crippen molar-refractivity contribution in [2.45, 2.75) is 26.7 Å². The van der Waals surface area contributed by atoms with Crippen molar-refractivity contribution in [1.29, 1.82) is 0 Å². The lowest BCUT2D eigenvalue weighted by Gasteiger charge is -2.23. The lowest BCUT2D eigenvalue weighted by molar-refractivity contribution is -0.120. The number of amides is 1. The van der Waals surface area contributed by atoms with Gasteiger partial charge < -0.3 is 14.8 Å².